The lowest BCUT2D eigenvalue weighted by Crippen LogP contribution is -2.36. The quantitative estimate of drug-likeness (QED) is 0.628. The normalized spacial score (nSPS) is 31.6. The number of hydrogen-bond acceptors (Lipinski definition) is 5. The van der Waals surface area contributed by atoms with Gasteiger partial charge in [-0.05, 0) is 25.4 Å². The third-order valence-corrected chi connectivity index (χ3v) is 3.20. The number of nitrogens with two attached hydrogens (primary N) is 1. The molecule has 1 aliphatic carbocycles. The zero-order valence-corrected chi connectivity index (χ0v) is 10.8. The summed E-state index contributed by atoms with van der Waals surface area (Å²) in [6, 6.07) is -2.60. The summed E-state index contributed by atoms with van der Waals surface area (Å²) in [5.74, 6) is -2.66. The molecule has 21 heavy (non-hydrogen) atoms. The number of aryl methyl sites for hydroxylation is 1. The zero-order valence-electron chi connectivity index (χ0n) is 17.8. The van der Waals surface area contributed by atoms with Crippen molar-refractivity contribution in [2.45, 2.75) is 32.1 Å². The number of rotatable bonds is 1. The standard InChI is InChI=1S/C15H15N3O3/c1-8-17-11-4-2-3-10(16)14(11)15(21)18(8)12-6-5-9(19)7-13(12)20/h2-4,12H,5-7,16H2,1H3/i1D3,2D,4D,6D,12D. The Morgan fingerprint density at radius 1 is 1.57 bits per heavy atom. The maximum Gasteiger partial charge on any atom is 0.264 e. The number of nitrogen functional groups attached to an aromatic ring is 1. The Bertz CT molecular complexity index is 1100. The van der Waals surface area contributed by atoms with Gasteiger partial charge in [-0.25, -0.2) is 4.98 Å². The van der Waals surface area contributed by atoms with Gasteiger partial charge >= 0.3 is 0 Å². The second kappa shape index (κ2) is 4.80. The third kappa shape index (κ3) is 2.12. The molecule has 0 spiro atoms. The molecule has 1 heterocycles. The van der Waals surface area contributed by atoms with E-state index in [4.69, 9.17) is 15.3 Å². The van der Waals surface area contributed by atoms with Crippen LogP contribution in [0, 0.1) is 6.85 Å². The van der Waals surface area contributed by atoms with Gasteiger partial charge in [0, 0.05) is 17.6 Å². The fourth-order valence-electron chi connectivity index (χ4n) is 2.23. The molecule has 1 aromatic heterocycles. The lowest BCUT2D eigenvalue weighted by atomic mass is 9.92. The number of ketones is 2. The van der Waals surface area contributed by atoms with E-state index in [-0.39, 0.29) is 11.7 Å². The molecular weight excluding hydrogens is 270 g/mol. The summed E-state index contributed by atoms with van der Waals surface area (Å²) in [5.41, 5.74) is 3.87. The van der Waals surface area contributed by atoms with E-state index < -0.39 is 72.0 Å². The smallest absolute Gasteiger partial charge is 0.264 e. The minimum absolute atomic E-state index is 0.274. The highest BCUT2D eigenvalue weighted by atomic mass is 16.2. The van der Waals surface area contributed by atoms with Crippen molar-refractivity contribution in [2.24, 2.45) is 0 Å². The Morgan fingerprint density at radius 2 is 2.38 bits per heavy atom. The van der Waals surface area contributed by atoms with Crippen LogP contribution in [0.15, 0.2) is 22.9 Å². The van der Waals surface area contributed by atoms with Crippen LogP contribution >= 0.6 is 0 Å². The molecule has 0 amide bonds. The molecule has 0 aliphatic heterocycles. The highest BCUT2D eigenvalue weighted by Crippen LogP contribution is 2.24. The van der Waals surface area contributed by atoms with E-state index in [1.807, 2.05) is 0 Å². The Balaban J connectivity index is 2.53. The fourth-order valence-corrected chi connectivity index (χ4v) is 2.23. The molecule has 1 saturated carbocycles. The van der Waals surface area contributed by atoms with Gasteiger partial charge in [0.2, 0.25) is 0 Å². The molecule has 2 atom stereocenters. The van der Waals surface area contributed by atoms with Crippen LogP contribution in [-0.4, -0.2) is 21.1 Å². The maximum atomic E-state index is 13.2. The molecule has 6 nitrogen and oxygen atoms in total. The highest BCUT2D eigenvalue weighted by Gasteiger charge is 2.30. The summed E-state index contributed by atoms with van der Waals surface area (Å²) < 4.78 is 55.6. The van der Waals surface area contributed by atoms with E-state index in [0.717, 1.165) is 6.07 Å². The molecule has 1 aromatic carbocycles. The second-order valence-electron chi connectivity index (χ2n) is 4.60. The summed E-state index contributed by atoms with van der Waals surface area (Å²) in [6.07, 6.45) is -2.95. The molecule has 3 rings (SSSR count). The number of hydrogen-bond donors (Lipinski definition) is 1. The van der Waals surface area contributed by atoms with Crippen molar-refractivity contribution < 1.29 is 19.2 Å². The van der Waals surface area contributed by atoms with Gasteiger partial charge < -0.3 is 5.73 Å². The topological polar surface area (TPSA) is 95.0 Å². The number of Topliss-reactive ketones (excluding diaryl/α,β-unsaturated/α-hetero) is 2. The molecule has 6 heteroatoms. The largest absolute Gasteiger partial charge is 0.398 e. The van der Waals surface area contributed by atoms with Crippen molar-refractivity contribution in [3.05, 3.63) is 34.3 Å². The van der Waals surface area contributed by atoms with Crippen LogP contribution in [0.5, 0.6) is 0 Å². The van der Waals surface area contributed by atoms with Crippen LogP contribution in [0.25, 0.3) is 10.9 Å². The maximum absolute atomic E-state index is 13.2. The van der Waals surface area contributed by atoms with Gasteiger partial charge in [-0.1, -0.05) is 6.04 Å². The van der Waals surface area contributed by atoms with E-state index in [9.17, 15) is 14.4 Å². The van der Waals surface area contributed by atoms with Gasteiger partial charge in [0.1, 0.15) is 11.6 Å². The van der Waals surface area contributed by atoms with Crippen LogP contribution in [0.3, 0.4) is 0 Å². The molecule has 108 valence electrons. The number of anilines is 1. The molecule has 2 aromatic rings. The van der Waals surface area contributed by atoms with Gasteiger partial charge in [-0.3, -0.25) is 19.0 Å². The van der Waals surface area contributed by atoms with Crippen LogP contribution < -0.4 is 11.3 Å². The minimum atomic E-state index is -3.08. The number of aromatic nitrogens is 2. The predicted molar refractivity (Wildman–Crippen MR) is 78.1 cm³/mol. The molecule has 2 N–H and O–H groups in total. The molecule has 1 aliphatic rings. The van der Waals surface area contributed by atoms with Gasteiger partial charge in [0.25, 0.3) is 5.56 Å². The predicted octanol–water partition coefficient (Wildman–Crippen LogP) is 1.15. The summed E-state index contributed by atoms with van der Waals surface area (Å²) in [4.78, 5) is 41.1. The van der Waals surface area contributed by atoms with Gasteiger partial charge in [-0.2, -0.15) is 0 Å². The minimum Gasteiger partial charge on any atom is -0.398 e. The first-order valence-corrected chi connectivity index (χ1v) is 6.10. The van der Waals surface area contributed by atoms with E-state index >= 15 is 0 Å². The number of carbonyl (C=O) groups excluding carboxylic acids is 2. The number of benzene rings is 1. The number of nitrogens with zero attached hydrogens (tertiary/aromatic N) is 2. The molecule has 0 radical (unpaired) electrons. The van der Waals surface area contributed by atoms with Crippen LogP contribution in [0.2, 0.25) is 0 Å². The third-order valence-electron chi connectivity index (χ3n) is 3.20. The van der Waals surface area contributed by atoms with Crippen molar-refractivity contribution in [1.29, 1.82) is 0 Å². The van der Waals surface area contributed by atoms with Crippen molar-refractivity contribution in [3.8, 4) is 0 Å². The summed E-state index contributed by atoms with van der Waals surface area (Å²) in [7, 11) is 0. The molecule has 1 fully saturated rings. The van der Waals surface area contributed by atoms with Crippen LogP contribution in [-0.2, 0) is 9.59 Å². The molecule has 0 saturated heterocycles. The second-order valence-corrected chi connectivity index (χ2v) is 4.60. The first-order chi connectivity index (χ1) is 12.8. The average Bonchev–Trinajstić information content (AvgIpc) is 2.55. The van der Waals surface area contributed by atoms with Crippen LogP contribution in [0.1, 0.15) is 40.7 Å². The van der Waals surface area contributed by atoms with Crippen molar-refractivity contribution in [3.63, 3.8) is 0 Å². The number of fused-ring (bicyclic) bond motifs is 1. The molecular formula is C15H15N3O3. The lowest BCUT2D eigenvalue weighted by Gasteiger charge is -2.24. The lowest BCUT2D eigenvalue weighted by molar-refractivity contribution is -0.132. The van der Waals surface area contributed by atoms with E-state index in [2.05, 4.69) is 4.98 Å². The Labute approximate surface area is 130 Å². The summed E-state index contributed by atoms with van der Waals surface area (Å²) in [5, 5.41) is -0.419. The average molecular weight is 292 g/mol. The monoisotopic (exact) mass is 292 g/mol. The first-order valence-electron chi connectivity index (χ1n) is 9.68. The Hall–Kier alpha value is -2.50. The van der Waals surface area contributed by atoms with E-state index in [0.29, 0.717) is 4.57 Å². The molecule has 0 bridgehead atoms. The van der Waals surface area contributed by atoms with Crippen molar-refractivity contribution >= 4 is 28.2 Å². The van der Waals surface area contributed by atoms with Crippen molar-refractivity contribution in [2.75, 3.05) is 5.73 Å². The Kier molecular flexibility index (Phi) is 1.71. The first kappa shape index (κ1) is 7.49. The van der Waals surface area contributed by atoms with E-state index in [1.165, 1.54) is 0 Å². The van der Waals surface area contributed by atoms with Crippen molar-refractivity contribution in [1.82, 2.24) is 9.55 Å². The highest BCUT2D eigenvalue weighted by molar-refractivity contribution is 6.03. The number of carbonyl (C=O) groups is 2. The van der Waals surface area contributed by atoms with E-state index in [1.54, 1.807) is 0 Å². The SMILES string of the molecule is [2H]c1cc(N)c2c(=O)n(C3([2H])C(=O)CC(=O)CC3[2H])c(C([2H])([2H])[2H])nc2c1[2H]. The van der Waals surface area contributed by atoms with Gasteiger partial charge in [-0.15, -0.1) is 0 Å². The fraction of sp³-hybridized carbons (Fsp3) is 0.333. The Morgan fingerprint density at radius 3 is 3.10 bits per heavy atom. The zero-order chi connectivity index (χ0) is 21.2. The van der Waals surface area contributed by atoms with Gasteiger partial charge in [0.15, 0.2) is 5.78 Å². The van der Waals surface area contributed by atoms with Crippen LogP contribution in [0.4, 0.5) is 5.69 Å². The van der Waals surface area contributed by atoms with Gasteiger partial charge in [0.05, 0.1) is 27.5 Å². The summed E-state index contributed by atoms with van der Waals surface area (Å²) >= 11 is 0. The molecule has 2 unspecified atom stereocenters. The summed E-state index contributed by atoms with van der Waals surface area (Å²) in [6.45, 7) is -3.08.